The van der Waals surface area contributed by atoms with E-state index in [0.717, 1.165) is 10.8 Å². The minimum Gasteiger partial charge on any atom is -0.339 e. The second-order valence-corrected chi connectivity index (χ2v) is 4.55. The van der Waals surface area contributed by atoms with Crippen LogP contribution in [0.25, 0.3) is 10.8 Å². The normalized spacial score (nSPS) is 10.9. The van der Waals surface area contributed by atoms with Gasteiger partial charge in [-0.05, 0) is 28.7 Å². The molecule has 0 radical (unpaired) electrons. The summed E-state index contributed by atoms with van der Waals surface area (Å²) in [5.41, 5.74) is 0.928. The van der Waals surface area contributed by atoms with Gasteiger partial charge in [-0.25, -0.2) is 0 Å². The number of rotatable bonds is 4. The minimum atomic E-state index is -0.589. The molecule has 0 saturated carbocycles. The van der Waals surface area contributed by atoms with Gasteiger partial charge in [0.25, 0.3) is 0 Å². The number of anilines is 1. The van der Waals surface area contributed by atoms with E-state index in [1.165, 1.54) is 0 Å². The third-order valence-corrected chi connectivity index (χ3v) is 3.14. The summed E-state index contributed by atoms with van der Waals surface area (Å²) in [5.74, 6) is 0. The van der Waals surface area contributed by atoms with Crippen LogP contribution in [-0.4, -0.2) is 5.03 Å². The van der Waals surface area contributed by atoms with Gasteiger partial charge in [0.15, 0.2) is 5.22 Å². The first-order valence-corrected chi connectivity index (χ1v) is 6.64. The average Bonchev–Trinajstić information content (AvgIpc) is 2.56. The number of nitro groups is 1. The van der Waals surface area contributed by atoms with Crippen LogP contribution >= 0.6 is 0 Å². The standard InChI is InChI=1S/C16H12N4O2/c21-20(22)19(18-17-14-9-2-1-3-10-14)16-12-6-8-13-7-4-5-11-15(13)16/h1-12H. The quantitative estimate of drug-likeness (QED) is 0.402. The van der Waals surface area contributed by atoms with Crippen LogP contribution in [0.2, 0.25) is 0 Å². The van der Waals surface area contributed by atoms with Gasteiger partial charge in [0.2, 0.25) is 0 Å². The topological polar surface area (TPSA) is 71.1 Å². The van der Waals surface area contributed by atoms with Crippen LogP contribution in [0.4, 0.5) is 11.4 Å². The molecule has 0 bridgehead atoms. The fourth-order valence-corrected chi connectivity index (χ4v) is 2.14. The molecule has 22 heavy (non-hydrogen) atoms. The Bertz CT molecular complexity index is 828. The average molecular weight is 292 g/mol. The molecule has 0 fully saturated rings. The summed E-state index contributed by atoms with van der Waals surface area (Å²) in [6, 6.07) is 21.6. The molecule has 0 aliphatic carbocycles. The molecule has 0 aliphatic rings. The molecule has 0 atom stereocenters. The molecule has 3 aromatic carbocycles. The molecule has 3 rings (SSSR count). The van der Waals surface area contributed by atoms with Gasteiger partial charge in [0.05, 0.1) is 10.2 Å². The van der Waals surface area contributed by atoms with Gasteiger partial charge in [-0.1, -0.05) is 54.6 Å². The summed E-state index contributed by atoms with van der Waals surface area (Å²) < 4.78 is 0. The first-order chi connectivity index (χ1) is 10.8. The first-order valence-electron chi connectivity index (χ1n) is 6.64. The van der Waals surface area contributed by atoms with Crippen LogP contribution in [0.3, 0.4) is 0 Å². The molecule has 0 N–H and O–H groups in total. The minimum absolute atomic E-state index is 0.378. The maximum atomic E-state index is 11.3. The Kier molecular flexibility index (Phi) is 3.74. The molecule has 0 aliphatic heterocycles. The Morgan fingerprint density at radius 2 is 1.55 bits per heavy atom. The number of hydrogen-bond acceptors (Lipinski definition) is 4. The van der Waals surface area contributed by atoms with Crippen LogP contribution in [0.5, 0.6) is 0 Å². The first kappa shape index (κ1) is 13.7. The summed E-state index contributed by atoms with van der Waals surface area (Å²) >= 11 is 0. The van der Waals surface area contributed by atoms with E-state index in [1.807, 2.05) is 36.4 Å². The predicted molar refractivity (Wildman–Crippen MR) is 84.4 cm³/mol. The molecule has 0 amide bonds. The third kappa shape index (κ3) is 2.76. The van der Waals surface area contributed by atoms with Gasteiger partial charge in [0.1, 0.15) is 11.4 Å². The van der Waals surface area contributed by atoms with Crippen LogP contribution in [0, 0.1) is 10.1 Å². The van der Waals surface area contributed by atoms with E-state index in [-0.39, 0.29) is 0 Å². The van der Waals surface area contributed by atoms with Gasteiger partial charge in [0, 0.05) is 5.39 Å². The van der Waals surface area contributed by atoms with Crippen molar-refractivity contribution in [3.8, 4) is 0 Å². The Morgan fingerprint density at radius 1 is 0.864 bits per heavy atom. The zero-order valence-electron chi connectivity index (χ0n) is 11.5. The van der Waals surface area contributed by atoms with Crippen molar-refractivity contribution in [3.63, 3.8) is 0 Å². The number of benzene rings is 3. The highest BCUT2D eigenvalue weighted by molar-refractivity contribution is 5.93. The number of hydrazine groups is 1. The smallest absolute Gasteiger partial charge is 0.183 e. The summed E-state index contributed by atoms with van der Waals surface area (Å²) in [6.07, 6.45) is 0. The maximum absolute atomic E-state index is 11.3. The van der Waals surface area contributed by atoms with Gasteiger partial charge >= 0.3 is 0 Å². The molecular weight excluding hydrogens is 280 g/mol. The van der Waals surface area contributed by atoms with Crippen molar-refractivity contribution in [1.29, 1.82) is 0 Å². The molecule has 0 spiro atoms. The SMILES string of the molecule is O=[N+]([O-])N(N=Nc1ccccc1)c1cccc2ccccc12. The molecular formula is C16H12N4O2. The Hall–Kier alpha value is -3.28. The summed E-state index contributed by atoms with van der Waals surface area (Å²) in [7, 11) is 0. The lowest BCUT2D eigenvalue weighted by Gasteiger charge is -2.09. The summed E-state index contributed by atoms with van der Waals surface area (Å²) in [4.78, 5) is 11.3. The molecule has 0 unspecified atom stereocenters. The molecule has 108 valence electrons. The van der Waals surface area contributed by atoms with E-state index in [9.17, 15) is 10.1 Å². The predicted octanol–water partition coefficient (Wildman–Crippen LogP) is 4.54. The number of fused-ring (bicyclic) bond motifs is 1. The highest BCUT2D eigenvalue weighted by Gasteiger charge is 2.19. The van der Waals surface area contributed by atoms with Crippen LogP contribution in [0.1, 0.15) is 0 Å². The van der Waals surface area contributed by atoms with Crippen molar-refractivity contribution in [2.24, 2.45) is 10.3 Å². The summed E-state index contributed by atoms with van der Waals surface area (Å²) in [5, 5.41) is 20.8. The maximum Gasteiger partial charge on any atom is 0.183 e. The van der Waals surface area contributed by atoms with E-state index in [4.69, 9.17) is 0 Å². The van der Waals surface area contributed by atoms with Gasteiger partial charge < -0.3 is 10.1 Å². The van der Waals surface area contributed by atoms with E-state index >= 15 is 0 Å². The second-order valence-electron chi connectivity index (χ2n) is 4.55. The Morgan fingerprint density at radius 3 is 2.32 bits per heavy atom. The number of hydrogen-bond donors (Lipinski definition) is 0. The third-order valence-electron chi connectivity index (χ3n) is 3.14. The number of nitrogens with zero attached hydrogens (tertiary/aromatic N) is 4. The van der Waals surface area contributed by atoms with Crippen molar-refractivity contribution < 1.29 is 5.03 Å². The zero-order valence-corrected chi connectivity index (χ0v) is 11.5. The van der Waals surface area contributed by atoms with Crippen molar-refractivity contribution in [2.75, 3.05) is 5.12 Å². The van der Waals surface area contributed by atoms with E-state index in [2.05, 4.69) is 10.3 Å². The van der Waals surface area contributed by atoms with Gasteiger partial charge in [-0.15, -0.1) is 0 Å². The molecule has 0 heterocycles. The lowest BCUT2D eigenvalue weighted by Crippen LogP contribution is -2.23. The lowest BCUT2D eigenvalue weighted by molar-refractivity contribution is -0.496. The van der Waals surface area contributed by atoms with Gasteiger partial charge in [-0.2, -0.15) is 0 Å². The van der Waals surface area contributed by atoms with Crippen molar-refractivity contribution >= 4 is 22.1 Å². The summed E-state index contributed by atoms with van der Waals surface area (Å²) in [6.45, 7) is 0. The monoisotopic (exact) mass is 292 g/mol. The second kappa shape index (κ2) is 6.01. The van der Waals surface area contributed by atoms with E-state index in [0.29, 0.717) is 16.5 Å². The van der Waals surface area contributed by atoms with E-state index in [1.54, 1.807) is 36.4 Å². The molecule has 0 aromatic heterocycles. The molecule has 3 aromatic rings. The van der Waals surface area contributed by atoms with Crippen LogP contribution < -0.4 is 5.12 Å². The van der Waals surface area contributed by atoms with Crippen molar-refractivity contribution in [2.45, 2.75) is 0 Å². The Balaban J connectivity index is 2.04. The zero-order chi connectivity index (χ0) is 15.4. The van der Waals surface area contributed by atoms with Gasteiger partial charge in [-0.3, -0.25) is 0 Å². The van der Waals surface area contributed by atoms with Crippen LogP contribution in [0.15, 0.2) is 83.1 Å². The molecule has 6 nitrogen and oxygen atoms in total. The molecule has 0 saturated heterocycles. The highest BCUT2D eigenvalue weighted by Crippen LogP contribution is 2.27. The lowest BCUT2D eigenvalue weighted by atomic mass is 10.1. The fourth-order valence-electron chi connectivity index (χ4n) is 2.14. The largest absolute Gasteiger partial charge is 0.339 e. The van der Waals surface area contributed by atoms with Crippen molar-refractivity contribution in [3.05, 3.63) is 82.9 Å². The van der Waals surface area contributed by atoms with Crippen LogP contribution in [-0.2, 0) is 0 Å². The Labute approximate surface area is 126 Å². The fraction of sp³-hybridized carbons (Fsp3) is 0. The highest BCUT2D eigenvalue weighted by atomic mass is 16.7. The van der Waals surface area contributed by atoms with Crippen molar-refractivity contribution in [1.82, 2.24) is 0 Å². The van der Waals surface area contributed by atoms with E-state index < -0.39 is 5.03 Å². The molecule has 6 heteroatoms.